The fraction of sp³-hybridized carbons (Fsp3) is 0.409. The van der Waals surface area contributed by atoms with E-state index < -0.39 is 5.97 Å². The van der Waals surface area contributed by atoms with E-state index in [9.17, 15) is 4.79 Å². The summed E-state index contributed by atoms with van der Waals surface area (Å²) in [4.78, 5) is 10.3. The van der Waals surface area contributed by atoms with E-state index in [1.807, 2.05) is 61.6 Å². The number of hydrogen-bond donors (Lipinski definition) is 1. The monoisotopic (exact) mass is 344 g/mol. The third-order valence-corrected chi connectivity index (χ3v) is 3.11. The predicted molar refractivity (Wildman–Crippen MR) is 107 cm³/mol. The van der Waals surface area contributed by atoms with Crippen molar-refractivity contribution in [1.82, 2.24) is 0 Å². The van der Waals surface area contributed by atoms with Crippen molar-refractivity contribution in [2.45, 2.75) is 52.1 Å². The quantitative estimate of drug-likeness (QED) is 0.321. The Hall–Kier alpha value is -2.13. The molecule has 0 saturated carbocycles. The van der Waals surface area contributed by atoms with Crippen LogP contribution in [0.15, 0.2) is 72.9 Å². The normalized spacial score (nSPS) is 14.3. The lowest BCUT2D eigenvalue weighted by molar-refractivity contribution is -0.136. The van der Waals surface area contributed by atoms with E-state index in [0.717, 1.165) is 19.3 Å². The van der Waals surface area contributed by atoms with Crippen LogP contribution in [0.4, 0.5) is 0 Å². The molecule has 0 aliphatic heterocycles. The maximum atomic E-state index is 10.3. The van der Waals surface area contributed by atoms with Crippen molar-refractivity contribution in [2.75, 3.05) is 6.61 Å². The molecule has 0 heterocycles. The second-order valence-electron chi connectivity index (χ2n) is 5.46. The molecule has 0 aromatic rings. The van der Waals surface area contributed by atoms with Crippen molar-refractivity contribution >= 4 is 5.97 Å². The van der Waals surface area contributed by atoms with E-state index in [0.29, 0.717) is 13.0 Å². The van der Waals surface area contributed by atoms with Gasteiger partial charge in [-0.05, 0) is 32.6 Å². The van der Waals surface area contributed by atoms with Gasteiger partial charge in [-0.3, -0.25) is 4.79 Å². The number of hydrogen-bond acceptors (Lipinski definition) is 2. The van der Waals surface area contributed by atoms with Gasteiger partial charge in [-0.25, -0.2) is 0 Å². The van der Waals surface area contributed by atoms with Crippen LogP contribution in [0.3, 0.4) is 0 Å². The SMILES string of the molecule is CC/C=C\C/C=C\CO[C@H](C)/C=C/C=C/C=C\C/C=C\CCC(=O)O. The van der Waals surface area contributed by atoms with Crippen molar-refractivity contribution in [3.05, 3.63) is 72.9 Å². The minimum absolute atomic E-state index is 0.0848. The van der Waals surface area contributed by atoms with Crippen molar-refractivity contribution in [3.63, 3.8) is 0 Å². The highest BCUT2D eigenvalue weighted by atomic mass is 16.5. The van der Waals surface area contributed by atoms with Crippen molar-refractivity contribution in [2.24, 2.45) is 0 Å². The van der Waals surface area contributed by atoms with Crippen LogP contribution >= 0.6 is 0 Å². The Labute approximate surface area is 152 Å². The summed E-state index contributed by atoms with van der Waals surface area (Å²) in [5.74, 6) is -0.756. The molecule has 0 unspecified atom stereocenters. The molecule has 0 spiro atoms. The summed E-state index contributed by atoms with van der Waals surface area (Å²) in [5.41, 5.74) is 0. The number of carbonyl (C=O) groups is 1. The second kappa shape index (κ2) is 18.2. The summed E-state index contributed by atoms with van der Waals surface area (Å²) >= 11 is 0. The first-order valence-electron chi connectivity index (χ1n) is 8.95. The van der Waals surface area contributed by atoms with Gasteiger partial charge >= 0.3 is 5.97 Å². The Bertz CT molecular complexity index is 493. The molecule has 0 fully saturated rings. The van der Waals surface area contributed by atoms with Crippen LogP contribution in [0.25, 0.3) is 0 Å². The van der Waals surface area contributed by atoms with E-state index in [1.165, 1.54) is 0 Å². The Morgan fingerprint density at radius 1 is 0.920 bits per heavy atom. The highest BCUT2D eigenvalue weighted by molar-refractivity contribution is 5.66. The largest absolute Gasteiger partial charge is 0.481 e. The Kier molecular flexibility index (Phi) is 16.7. The van der Waals surface area contributed by atoms with E-state index >= 15 is 0 Å². The molecule has 3 heteroatoms. The topological polar surface area (TPSA) is 46.5 Å². The fourth-order valence-electron chi connectivity index (χ4n) is 1.77. The zero-order valence-corrected chi connectivity index (χ0v) is 15.5. The van der Waals surface area contributed by atoms with Crippen LogP contribution in [0, 0.1) is 0 Å². The number of rotatable bonds is 14. The predicted octanol–water partition coefficient (Wildman–Crippen LogP) is 5.78. The number of aliphatic carboxylic acids is 1. The Morgan fingerprint density at radius 3 is 2.36 bits per heavy atom. The average molecular weight is 344 g/mol. The lowest BCUT2D eigenvalue weighted by Crippen LogP contribution is -2.03. The van der Waals surface area contributed by atoms with Gasteiger partial charge in [-0.1, -0.05) is 79.8 Å². The van der Waals surface area contributed by atoms with Crippen molar-refractivity contribution in [1.29, 1.82) is 0 Å². The van der Waals surface area contributed by atoms with E-state index in [-0.39, 0.29) is 12.5 Å². The van der Waals surface area contributed by atoms with Crippen LogP contribution in [0.1, 0.15) is 46.0 Å². The minimum Gasteiger partial charge on any atom is -0.481 e. The standard InChI is InChI=1S/C22H32O3/c1-3-4-5-6-14-17-20-25-21(2)18-15-12-10-8-7-9-11-13-16-19-22(23)24/h4-5,7-8,10-15,17-18,21H,3,6,9,16,19-20H2,1-2H3,(H,23,24)/b5-4-,8-7-,12-10+,13-11-,17-14-,18-15+/t21-/m1/s1. The molecule has 25 heavy (non-hydrogen) atoms. The van der Waals surface area contributed by atoms with E-state index in [1.54, 1.807) is 0 Å². The third-order valence-electron chi connectivity index (χ3n) is 3.11. The molecule has 0 amide bonds. The molecule has 0 radical (unpaired) electrons. The molecule has 138 valence electrons. The van der Waals surface area contributed by atoms with Gasteiger partial charge in [-0.2, -0.15) is 0 Å². The zero-order chi connectivity index (χ0) is 18.6. The Morgan fingerprint density at radius 2 is 1.60 bits per heavy atom. The fourth-order valence-corrected chi connectivity index (χ4v) is 1.77. The molecular formula is C22H32O3. The zero-order valence-electron chi connectivity index (χ0n) is 15.5. The maximum Gasteiger partial charge on any atom is 0.303 e. The molecule has 0 rings (SSSR count). The lowest BCUT2D eigenvalue weighted by Gasteiger charge is -2.04. The first-order chi connectivity index (χ1) is 12.2. The van der Waals surface area contributed by atoms with Gasteiger partial charge < -0.3 is 9.84 Å². The first kappa shape index (κ1) is 22.9. The first-order valence-corrected chi connectivity index (χ1v) is 8.95. The molecule has 3 nitrogen and oxygen atoms in total. The summed E-state index contributed by atoms with van der Waals surface area (Å²) < 4.78 is 5.65. The third kappa shape index (κ3) is 19.8. The molecule has 1 N–H and O–H groups in total. The van der Waals surface area contributed by atoms with Gasteiger partial charge in [0.15, 0.2) is 0 Å². The van der Waals surface area contributed by atoms with Crippen LogP contribution in [0.2, 0.25) is 0 Å². The van der Waals surface area contributed by atoms with E-state index in [2.05, 4.69) is 25.2 Å². The minimum atomic E-state index is -0.756. The number of ether oxygens (including phenoxy) is 1. The maximum absolute atomic E-state index is 10.3. The highest BCUT2D eigenvalue weighted by Gasteiger charge is 1.92. The summed E-state index contributed by atoms with van der Waals surface area (Å²) in [6, 6.07) is 0. The van der Waals surface area contributed by atoms with Gasteiger partial charge in [0, 0.05) is 6.42 Å². The van der Waals surface area contributed by atoms with Crippen LogP contribution in [0.5, 0.6) is 0 Å². The molecule has 1 atom stereocenters. The molecule has 0 aliphatic carbocycles. The molecule has 0 saturated heterocycles. The molecule has 0 aliphatic rings. The molecular weight excluding hydrogens is 312 g/mol. The van der Waals surface area contributed by atoms with E-state index in [4.69, 9.17) is 9.84 Å². The lowest BCUT2D eigenvalue weighted by atomic mass is 10.2. The molecule has 0 aromatic carbocycles. The van der Waals surface area contributed by atoms with Gasteiger partial charge in [0.2, 0.25) is 0 Å². The number of allylic oxidation sites excluding steroid dienone is 10. The van der Waals surface area contributed by atoms with Crippen molar-refractivity contribution in [3.8, 4) is 0 Å². The second-order valence-corrected chi connectivity index (χ2v) is 5.46. The summed E-state index contributed by atoms with van der Waals surface area (Å²) in [5, 5.41) is 8.50. The van der Waals surface area contributed by atoms with Crippen LogP contribution in [-0.2, 0) is 9.53 Å². The van der Waals surface area contributed by atoms with Gasteiger partial charge in [0.1, 0.15) is 0 Å². The highest BCUT2D eigenvalue weighted by Crippen LogP contribution is 1.96. The van der Waals surface area contributed by atoms with Gasteiger partial charge in [0.05, 0.1) is 12.7 Å². The smallest absolute Gasteiger partial charge is 0.303 e. The summed E-state index contributed by atoms with van der Waals surface area (Å²) in [6.45, 7) is 4.78. The number of carboxylic acids is 1. The van der Waals surface area contributed by atoms with Gasteiger partial charge in [-0.15, -0.1) is 0 Å². The molecule has 0 bridgehead atoms. The summed E-state index contributed by atoms with van der Waals surface area (Å²) in [6.07, 6.45) is 28.0. The summed E-state index contributed by atoms with van der Waals surface area (Å²) in [7, 11) is 0. The number of carboxylic acid groups (broad SMARTS) is 1. The van der Waals surface area contributed by atoms with Crippen LogP contribution < -0.4 is 0 Å². The van der Waals surface area contributed by atoms with Crippen molar-refractivity contribution < 1.29 is 14.6 Å². The van der Waals surface area contributed by atoms with Gasteiger partial charge in [0.25, 0.3) is 0 Å². The average Bonchev–Trinajstić information content (AvgIpc) is 2.58. The van der Waals surface area contributed by atoms with Crippen LogP contribution in [-0.4, -0.2) is 23.8 Å². The Balaban J connectivity index is 3.73. The molecule has 0 aromatic heterocycles.